The summed E-state index contributed by atoms with van der Waals surface area (Å²) in [6.07, 6.45) is 3.06. The Morgan fingerprint density at radius 1 is 1.29 bits per heavy atom. The fourth-order valence-electron chi connectivity index (χ4n) is 4.38. The van der Waals surface area contributed by atoms with E-state index in [1.165, 1.54) is 6.92 Å². The number of aromatic nitrogens is 4. The zero-order valence-corrected chi connectivity index (χ0v) is 17.1. The maximum Gasteiger partial charge on any atom is 0.276 e. The zero-order valence-electron chi connectivity index (χ0n) is 17.1. The van der Waals surface area contributed by atoms with Gasteiger partial charge in [-0.2, -0.15) is 10.2 Å². The first-order valence-corrected chi connectivity index (χ1v) is 10.5. The maximum atomic E-state index is 14.2. The average molecular weight is 426 g/mol. The zero-order chi connectivity index (χ0) is 21.6. The molecule has 2 unspecified atom stereocenters. The van der Waals surface area contributed by atoms with Crippen LogP contribution < -0.4 is 10.6 Å². The van der Waals surface area contributed by atoms with Gasteiger partial charge in [0.15, 0.2) is 5.69 Å². The van der Waals surface area contributed by atoms with Gasteiger partial charge in [0.05, 0.1) is 17.9 Å². The van der Waals surface area contributed by atoms with Crippen LogP contribution in [0.15, 0.2) is 42.7 Å². The minimum absolute atomic E-state index is 0.0251. The minimum atomic E-state index is -2.85. The smallest absolute Gasteiger partial charge is 0.276 e. The lowest BCUT2D eigenvalue weighted by Crippen LogP contribution is -2.47. The molecule has 31 heavy (non-hydrogen) atoms. The molecule has 7 nitrogen and oxygen atoms in total. The second kappa shape index (κ2) is 7.56. The number of amides is 1. The molecule has 1 amide bonds. The molecule has 1 aliphatic carbocycles. The molecule has 0 saturated carbocycles. The summed E-state index contributed by atoms with van der Waals surface area (Å²) in [4.78, 5) is 12.8. The Morgan fingerprint density at radius 2 is 2.06 bits per heavy atom. The van der Waals surface area contributed by atoms with Gasteiger partial charge in [0, 0.05) is 48.8 Å². The number of carbonyl (C=O) groups is 1. The second-order valence-electron chi connectivity index (χ2n) is 8.51. The molecule has 1 aliphatic heterocycles. The van der Waals surface area contributed by atoms with Crippen LogP contribution in [0.5, 0.6) is 0 Å². The van der Waals surface area contributed by atoms with Crippen molar-refractivity contribution in [1.29, 1.82) is 0 Å². The first-order valence-electron chi connectivity index (χ1n) is 10.5. The van der Waals surface area contributed by atoms with Crippen LogP contribution in [0, 0.1) is 11.8 Å². The van der Waals surface area contributed by atoms with Crippen LogP contribution in [0.1, 0.15) is 40.3 Å². The summed E-state index contributed by atoms with van der Waals surface area (Å²) < 4.78 is 30.3. The first kappa shape index (κ1) is 19.9. The Kier molecular flexibility index (Phi) is 4.85. The van der Waals surface area contributed by atoms with Gasteiger partial charge in [-0.3, -0.25) is 14.6 Å². The number of rotatable bonds is 5. The fraction of sp³-hybridized carbons (Fsp3) is 0.409. The SMILES string of the molecule is CC1Cc2[nH]nc(C(=O)Nc3cnn(C(c4ccccc4)C4CNC4)c3)c2CC1(F)F. The van der Waals surface area contributed by atoms with Crippen molar-refractivity contribution >= 4 is 11.6 Å². The van der Waals surface area contributed by atoms with Crippen molar-refractivity contribution in [3.63, 3.8) is 0 Å². The number of hydrogen-bond donors (Lipinski definition) is 3. The fourth-order valence-corrected chi connectivity index (χ4v) is 4.38. The largest absolute Gasteiger partial charge is 0.318 e. The third kappa shape index (κ3) is 3.63. The van der Waals surface area contributed by atoms with E-state index >= 15 is 0 Å². The summed E-state index contributed by atoms with van der Waals surface area (Å²) >= 11 is 0. The molecule has 3 heterocycles. The highest BCUT2D eigenvalue weighted by atomic mass is 19.3. The molecule has 1 aromatic carbocycles. The standard InChI is InChI=1S/C22H24F2N6O/c1-13-7-18-17(8-22(13,23)24)19(29-28-18)21(31)27-16-11-26-30(12-16)20(15-9-25-10-15)14-5-3-2-4-6-14/h2-6,11-13,15,20,25H,7-10H2,1H3,(H,27,31)(H,28,29). The van der Waals surface area contributed by atoms with Crippen LogP contribution in [0.4, 0.5) is 14.5 Å². The Hall–Kier alpha value is -3.07. The van der Waals surface area contributed by atoms with Crippen molar-refractivity contribution in [1.82, 2.24) is 25.3 Å². The van der Waals surface area contributed by atoms with Crippen LogP contribution in [0.25, 0.3) is 0 Å². The number of nitrogens with zero attached hydrogens (tertiary/aromatic N) is 3. The van der Waals surface area contributed by atoms with E-state index in [1.54, 1.807) is 12.4 Å². The van der Waals surface area contributed by atoms with E-state index in [-0.39, 0.29) is 18.2 Å². The first-order chi connectivity index (χ1) is 14.9. The molecule has 162 valence electrons. The Morgan fingerprint density at radius 3 is 2.77 bits per heavy atom. The van der Waals surface area contributed by atoms with Crippen LogP contribution in [0.3, 0.4) is 0 Å². The molecule has 2 aliphatic rings. The van der Waals surface area contributed by atoms with Gasteiger partial charge in [-0.1, -0.05) is 37.3 Å². The molecular formula is C22H24F2N6O. The summed E-state index contributed by atoms with van der Waals surface area (Å²) in [6.45, 7) is 3.30. The van der Waals surface area contributed by atoms with E-state index in [0.29, 0.717) is 22.9 Å². The van der Waals surface area contributed by atoms with Crippen molar-refractivity contribution in [3.8, 4) is 0 Å². The predicted octanol–water partition coefficient (Wildman–Crippen LogP) is 3.04. The van der Waals surface area contributed by atoms with Gasteiger partial charge in [0.25, 0.3) is 11.8 Å². The normalized spacial score (nSPS) is 21.2. The Balaban J connectivity index is 1.36. The Bertz CT molecular complexity index is 1090. The summed E-state index contributed by atoms with van der Waals surface area (Å²) in [5, 5.41) is 17.3. The van der Waals surface area contributed by atoms with Crippen molar-refractivity contribution in [3.05, 3.63) is 65.2 Å². The maximum absolute atomic E-state index is 14.2. The molecule has 2 aromatic heterocycles. The second-order valence-corrected chi connectivity index (χ2v) is 8.51. The lowest BCUT2D eigenvalue weighted by atomic mass is 9.84. The van der Waals surface area contributed by atoms with Crippen molar-refractivity contribution in [2.45, 2.75) is 31.7 Å². The molecular weight excluding hydrogens is 402 g/mol. The van der Waals surface area contributed by atoms with E-state index in [2.05, 4.69) is 38.1 Å². The molecule has 9 heteroatoms. The summed E-state index contributed by atoms with van der Waals surface area (Å²) in [6, 6.07) is 10.2. The number of alkyl halides is 2. The summed E-state index contributed by atoms with van der Waals surface area (Å²) in [7, 11) is 0. The van der Waals surface area contributed by atoms with E-state index in [1.807, 2.05) is 22.9 Å². The van der Waals surface area contributed by atoms with E-state index in [4.69, 9.17) is 0 Å². The Labute approximate surface area is 178 Å². The number of anilines is 1. The number of benzene rings is 1. The quantitative estimate of drug-likeness (QED) is 0.585. The molecule has 0 bridgehead atoms. The molecule has 3 aromatic rings. The molecule has 3 N–H and O–H groups in total. The number of nitrogens with one attached hydrogen (secondary N) is 3. The van der Waals surface area contributed by atoms with Crippen molar-refractivity contribution in [2.75, 3.05) is 18.4 Å². The molecule has 1 saturated heterocycles. The number of halogens is 2. The van der Waals surface area contributed by atoms with Crippen LogP contribution in [0.2, 0.25) is 0 Å². The highest BCUT2D eigenvalue weighted by Crippen LogP contribution is 2.38. The monoisotopic (exact) mass is 426 g/mol. The number of fused-ring (bicyclic) bond motifs is 1. The molecule has 0 spiro atoms. The topological polar surface area (TPSA) is 87.6 Å². The van der Waals surface area contributed by atoms with Crippen molar-refractivity contribution in [2.24, 2.45) is 11.8 Å². The van der Waals surface area contributed by atoms with Crippen LogP contribution >= 0.6 is 0 Å². The van der Waals surface area contributed by atoms with Crippen LogP contribution in [-0.2, 0) is 12.8 Å². The van der Waals surface area contributed by atoms with Gasteiger partial charge in [-0.15, -0.1) is 0 Å². The minimum Gasteiger partial charge on any atom is -0.318 e. The van der Waals surface area contributed by atoms with E-state index in [9.17, 15) is 13.6 Å². The third-order valence-electron chi connectivity index (χ3n) is 6.36. The summed E-state index contributed by atoms with van der Waals surface area (Å²) in [5.74, 6) is -3.75. The van der Waals surface area contributed by atoms with Crippen LogP contribution in [-0.4, -0.2) is 44.9 Å². The average Bonchev–Trinajstić information content (AvgIpc) is 3.32. The number of aromatic amines is 1. The van der Waals surface area contributed by atoms with Crippen molar-refractivity contribution < 1.29 is 13.6 Å². The number of H-pyrrole nitrogens is 1. The van der Waals surface area contributed by atoms with Gasteiger partial charge in [0.1, 0.15) is 0 Å². The molecule has 0 radical (unpaired) electrons. The van der Waals surface area contributed by atoms with Gasteiger partial charge in [0.2, 0.25) is 0 Å². The van der Waals surface area contributed by atoms with E-state index in [0.717, 1.165) is 18.7 Å². The van der Waals surface area contributed by atoms with Gasteiger partial charge < -0.3 is 10.6 Å². The number of carbonyl (C=O) groups excluding carboxylic acids is 1. The number of hydrogen-bond acceptors (Lipinski definition) is 4. The third-order valence-corrected chi connectivity index (χ3v) is 6.36. The summed E-state index contributed by atoms with van der Waals surface area (Å²) in [5.41, 5.74) is 2.59. The molecule has 5 rings (SSSR count). The predicted molar refractivity (Wildman–Crippen MR) is 111 cm³/mol. The lowest BCUT2D eigenvalue weighted by molar-refractivity contribution is -0.0569. The molecule has 2 atom stereocenters. The lowest BCUT2D eigenvalue weighted by Gasteiger charge is -2.35. The highest BCUT2D eigenvalue weighted by Gasteiger charge is 2.43. The van der Waals surface area contributed by atoms with Gasteiger partial charge in [-0.05, 0) is 12.0 Å². The highest BCUT2D eigenvalue weighted by molar-refractivity contribution is 6.04. The van der Waals surface area contributed by atoms with Gasteiger partial charge in [-0.25, -0.2) is 8.78 Å². The molecule has 1 fully saturated rings. The van der Waals surface area contributed by atoms with E-state index < -0.39 is 24.2 Å². The van der Waals surface area contributed by atoms with Gasteiger partial charge >= 0.3 is 0 Å².